The fraction of sp³-hybridized carbons (Fsp3) is 0.417. The predicted molar refractivity (Wildman–Crippen MR) is 67.1 cm³/mol. The third-order valence-corrected chi connectivity index (χ3v) is 2.88. The Morgan fingerprint density at radius 1 is 1.53 bits per heavy atom. The lowest BCUT2D eigenvalue weighted by atomic mass is 10.1. The molecule has 0 bridgehead atoms. The highest BCUT2D eigenvalue weighted by Gasteiger charge is 2.22. The topological polar surface area (TPSA) is 76.4 Å². The second-order valence-corrected chi connectivity index (χ2v) is 4.08. The summed E-state index contributed by atoms with van der Waals surface area (Å²) < 4.78 is 5.13. The first-order chi connectivity index (χ1) is 8.20. The number of nitrogens with one attached hydrogen (secondary N) is 2. The van der Waals surface area contributed by atoms with E-state index in [0.717, 1.165) is 30.8 Å². The first-order valence-electron chi connectivity index (χ1n) is 5.68. The van der Waals surface area contributed by atoms with Gasteiger partial charge in [-0.1, -0.05) is 0 Å². The number of rotatable bonds is 3. The number of methoxy groups -OCH3 is 1. The maximum Gasteiger partial charge on any atom is 0.242 e. The number of hydrogen-bond donors (Lipinski definition) is 3. The van der Waals surface area contributed by atoms with Gasteiger partial charge in [-0.05, 0) is 25.0 Å². The van der Waals surface area contributed by atoms with Crippen LogP contribution in [0.4, 0.5) is 11.4 Å². The van der Waals surface area contributed by atoms with Crippen LogP contribution in [0.2, 0.25) is 0 Å². The number of anilines is 2. The van der Waals surface area contributed by atoms with Crippen molar-refractivity contribution < 1.29 is 9.53 Å². The summed E-state index contributed by atoms with van der Waals surface area (Å²) in [6, 6.07) is 5.15. The molecule has 4 N–H and O–H groups in total. The van der Waals surface area contributed by atoms with Crippen LogP contribution < -0.4 is 21.1 Å². The minimum atomic E-state index is -0.210. The Morgan fingerprint density at radius 2 is 2.35 bits per heavy atom. The Hall–Kier alpha value is -1.91. The zero-order valence-corrected chi connectivity index (χ0v) is 9.82. The van der Waals surface area contributed by atoms with Crippen LogP contribution in [0.15, 0.2) is 18.2 Å². The molecule has 0 spiro atoms. The first-order valence-corrected chi connectivity index (χ1v) is 5.68. The smallest absolute Gasteiger partial charge is 0.242 e. The molecule has 17 heavy (non-hydrogen) atoms. The molecule has 2 rings (SSSR count). The van der Waals surface area contributed by atoms with E-state index in [-0.39, 0.29) is 11.9 Å². The van der Waals surface area contributed by atoms with Gasteiger partial charge in [-0.2, -0.15) is 0 Å². The van der Waals surface area contributed by atoms with Crippen molar-refractivity contribution in [3.8, 4) is 5.75 Å². The number of carbonyl (C=O) groups is 1. The van der Waals surface area contributed by atoms with Crippen molar-refractivity contribution in [2.24, 2.45) is 0 Å². The van der Waals surface area contributed by atoms with Crippen LogP contribution >= 0.6 is 0 Å². The number of benzene rings is 1. The third-order valence-electron chi connectivity index (χ3n) is 2.88. The van der Waals surface area contributed by atoms with E-state index in [1.54, 1.807) is 25.3 Å². The zero-order chi connectivity index (χ0) is 12.3. The SMILES string of the molecule is COc1ccc(N)c(NC2CCCNC2=O)c1. The van der Waals surface area contributed by atoms with E-state index in [9.17, 15) is 4.79 Å². The quantitative estimate of drug-likeness (QED) is 0.682. The van der Waals surface area contributed by atoms with Crippen molar-refractivity contribution in [2.45, 2.75) is 18.9 Å². The van der Waals surface area contributed by atoms with Gasteiger partial charge < -0.3 is 21.1 Å². The summed E-state index contributed by atoms with van der Waals surface area (Å²) >= 11 is 0. The molecule has 1 aliphatic heterocycles. The molecule has 5 nitrogen and oxygen atoms in total. The Labute approximate surface area is 100 Å². The van der Waals surface area contributed by atoms with E-state index in [1.165, 1.54) is 0 Å². The van der Waals surface area contributed by atoms with Crippen molar-refractivity contribution in [1.82, 2.24) is 5.32 Å². The van der Waals surface area contributed by atoms with Crippen LogP contribution in [-0.2, 0) is 4.79 Å². The average Bonchev–Trinajstić information content (AvgIpc) is 2.35. The second kappa shape index (κ2) is 4.95. The van der Waals surface area contributed by atoms with E-state index < -0.39 is 0 Å². The Bertz CT molecular complexity index is 420. The summed E-state index contributed by atoms with van der Waals surface area (Å²) in [5.74, 6) is 0.747. The van der Waals surface area contributed by atoms with Crippen molar-refractivity contribution in [1.29, 1.82) is 0 Å². The highest BCUT2D eigenvalue weighted by Crippen LogP contribution is 2.25. The fourth-order valence-corrected chi connectivity index (χ4v) is 1.88. The molecule has 1 aliphatic rings. The van der Waals surface area contributed by atoms with Crippen LogP contribution in [0.5, 0.6) is 5.75 Å². The van der Waals surface area contributed by atoms with Gasteiger partial charge in [0.25, 0.3) is 0 Å². The Morgan fingerprint density at radius 3 is 3.06 bits per heavy atom. The lowest BCUT2D eigenvalue weighted by Gasteiger charge is -2.24. The summed E-state index contributed by atoms with van der Waals surface area (Å²) in [5.41, 5.74) is 7.21. The van der Waals surface area contributed by atoms with Gasteiger partial charge in [0, 0.05) is 12.6 Å². The standard InChI is InChI=1S/C12H17N3O2/c1-17-8-4-5-9(13)11(7-8)15-10-3-2-6-14-12(10)16/h4-5,7,10,15H,2-3,6,13H2,1H3,(H,14,16). The number of piperidine rings is 1. The van der Waals surface area contributed by atoms with E-state index in [2.05, 4.69) is 10.6 Å². The lowest BCUT2D eigenvalue weighted by Crippen LogP contribution is -2.44. The normalized spacial score (nSPS) is 19.6. The van der Waals surface area contributed by atoms with Crippen LogP contribution in [0.25, 0.3) is 0 Å². The van der Waals surface area contributed by atoms with Crippen LogP contribution in [0.1, 0.15) is 12.8 Å². The molecule has 1 fully saturated rings. The van der Waals surface area contributed by atoms with Gasteiger partial charge in [-0.15, -0.1) is 0 Å². The van der Waals surface area contributed by atoms with Gasteiger partial charge in [0.15, 0.2) is 0 Å². The minimum absolute atomic E-state index is 0.0264. The summed E-state index contributed by atoms with van der Waals surface area (Å²) in [6.45, 7) is 0.755. The first kappa shape index (κ1) is 11.6. The Kier molecular flexibility index (Phi) is 3.37. The van der Waals surface area contributed by atoms with Crippen molar-refractivity contribution in [3.05, 3.63) is 18.2 Å². The summed E-state index contributed by atoms with van der Waals surface area (Å²) in [5, 5.41) is 5.98. The van der Waals surface area contributed by atoms with Gasteiger partial charge in [-0.3, -0.25) is 4.79 Å². The molecule has 1 aromatic carbocycles. The minimum Gasteiger partial charge on any atom is -0.497 e. The molecule has 1 heterocycles. The summed E-state index contributed by atoms with van der Waals surface area (Å²) in [6.07, 6.45) is 1.80. The van der Waals surface area contributed by atoms with E-state index in [1.807, 2.05) is 0 Å². The maximum atomic E-state index is 11.6. The largest absolute Gasteiger partial charge is 0.497 e. The maximum absolute atomic E-state index is 11.6. The van der Waals surface area contributed by atoms with E-state index in [0.29, 0.717) is 5.69 Å². The van der Waals surface area contributed by atoms with Crippen LogP contribution in [0.3, 0.4) is 0 Å². The molecule has 0 radical (unpaired) electrons. The number of hydrogen-bond acceptors (Lipinski definition) is 4. The highest BCUT2D eigenvalue weighted by molar-refractivity contribution is 5.86. The molecule has 5 heteroatoms. The van der Waals surface area contributed by atoms with Crippen molar-refractivity contribution >= 4 is 17.3 Å². The summed E-state index contributed by atoms with van der Waals surface area (Å²) in [4.78, 5) is 11.6. The number of ether oxygens (including phenoxy) is 1. The van der Waals surface area contributed by atoms with E-state index in [4.69, 9.17) is 10.5 Å². The third kappa shape index (κ3) is 2.61. The molecule has 0 saturated carbocycles. The zero-order valence-electron chi connectivity index (χ0n) is 9.82. The van der Waals surface area contributed by atoms with Gasteiger partial charge >= 0.3 is 0 Å². The highest BCUT2D eigenvalue weighted by atomic mass is 16.5. The molecule has 1 saturated heterocycles. The monoisotopic (exact) mass is 235 g/mol. The molecule has 1 atom stereocenters. The van der Waals surface area contributed by atoms with Gasteiger partial charge in [0.2, 0.25) is 5.91 Å². The molecule has 1 amide bonds. The van der Waals surface area contributed by atoms with Crippen LogP contribution in [0, 0.1) is 0 Å². The number of carbonyl (C=O) groups excluding carboxylic acids is 1. The molecule has 92 valence electrons. The van der Waals surface area contributed by atoms with Gasteiger partial charge in [-0.25, -0.2) is 0 Å². The number of amides is 1. The van der Waals surface area contributed by atoms with Crippen molar-refractivity contribution in [3.63, 3.8) is 0 Å². The Balaban J connectivity index is 2.14. The molecular weight excluding hydrogens is 218 g/mol. The van der Waals surface area contributed by atoms with Gasteiger partial charge in [0.05, 0.1) is 18.5 Å². The second-order valence-electron chi connectivity index (χ2n) is 4.08. The summed E-state index contributed by atoms with van der Waals surface area (Å²) in [7, 11) is 1.60. The molecule has 0 aliphatic carbocycles. The average molecular weight is 235 g/mol. The molecule has 1 aromatic rings. The molecule has 1 unspecified atom stereocenters. The number of nitrogen functional groups attached to an aromatic ring is 1. The lowest BCUT2D eigenvalue weighted by molar-refractivity contribution is -0.123. The van der Waals surface area contributed by atoms with Crippen LogP contribution in [-0.4, -0.2) is 25.6 Å². The van der Waals surface area contributed by atoms with Crippen molar-refractivity contribution in [2.75, 3.05) is 24.7 Å². The number of nitrogens with two attached hydrogens (primary N) is 1. The van der Waals surface area contributed by atoms with Gasteiger partial charge in [0.1, 0.15) is 11.8 Å². The van der Waals surface area contributed by atoms with E-state index >= 15 is 0 Å². The molecular formula is C12H17N3O2. The molecule has 0 aromatic heterocycles. The fourth-order valence-electron chi connectivity index (χ4n) is 1.88. The predicted octanol–water partition coefficient (Wildman–Crippen LogP) is 0.968.